The van der Waals surface area contributed by atoms with Crippen LogP contribution in [0.1, 0.15) is 28.1 Å². The fourth-order valence-electron chi connectivity index (χ4n) is 2.65. The smallest absolute Gasteiger partial charge is 0.224 e. The Hall–Kier alpha value is -2.62. The van der Waals surface area contributed by atoms with Gasteiger partial charge in [0, 0.05) is 16.6 Å². The van der Waals surface area contributed by atoms with E-state index < -0.39 is 0 Å². The molecule has 3 aromatic rings. The van der Waals surface area contributed by atoms with Gasteiger partial charge in [-0.05, 0) is 44.0 Å². The zero-order valence-electron chi connectivity index (χ0n) is 13.6. The molecule has 0 radical (unpaired) electrons. The molecule has 23 heavy (non-hydrogen) atoms. The number of hydrogen-bond donors (Lipinski definition) is 1. The van der Waals surface area contributed by atoms with E-state index in [0.717, 1.165) is 33.5 Å². The maximum absolute atomic E-state index is 12.2. The van der Waals surface area contributed by atoms with Crippen molar-refractivity contribution in [2.24, 2.45) is 0 Å². The lowest BCUT2D eigenvalue weighted by Gasteiger charge is -2.05. The fourth-order valence-corrected chi connectivity index (χ4v) is 2.65. The summed E-state index contributed by atoms with van der Waals surface area (Å²) in [5, 5.41) is 3.92. The summed E-state index contributed by atoms with van der Waals surface area (Å²) in [7, 11) is 0. The first kappa shape index (κ1) is 15.3. The maximum Gasteiger partial charge on any atom is 0.224 e. The van der Waals surface area contributed by atoms with E-state index in [4.69, 9.17) is 4.42 Å². The molecule has 0 bridgehead atoms. The lowest BCUT2D eigenvalue weighted by molar-refractivity contribution is -0.120. The van der Waals surface area contributed by atoms with E-state index in [1.54, 1.807) is 6.26 Å². The lowest BCUT2D eigenvalue weighted by Crippen LogP contribution is -2.25. The second-order valence-corrected chi connectivity index (χ2v) is 5.87. The summed E-state index contributed by atoms with van der Waals surface area (Å²) < 4.78 is 5.65. The predicted molar refractivity (Wildman–Crippen MR) is 90.2 cm³/mol. The highest BCUT2D eigenvalue weighted by Gasteiger charge is 2.12. The first-order valence-electron chi connectivity index (χ1n) is 7.70. The minimum atomic E-state index is -0.0331. The van der Waals surface area contributed by atoms with Crippen molar-refractivity contribution in [1.29, 1.82) is 0 Å². The van der Waals surface area contributed by atoms with E-state index in [0.29, 0.717) is 13.0 Å². The van der Waals surface area contributed by atoms with Gasteiger partial charge in [0.05, 0.1) is 24.9 Å². The first-order chi connectivity index (χ1) is 11.0. The van der Waals surface area contributed by atoms with Crippen LogP contribution in [0, 0.1) is 20.8 Å². The number of carbonyl (C=O) groups excluding carboxylic acids is 1. The van der Waals surface area contributed by atoms with Gasteiger partial charge in [-0.25, -0.2) is 0 Å². The Bertz CT molecular complexity index is 865. The molecule has 2 aromatic heterocycles. The van der Waals surface area contributed by atoms with Gasteiger partial charge >= 0.3 is 0 Å². The van der Waals surface area contributed by atoms with E-state index in [1.165, 1.54) is 5.56 Å². The number of benzene rings is 1. The predicted octanol–water partition coefficient (Wildman–Crippen LogP) is 3.61. The third-order valence-corrected chi connectivity index (χ3v) is 4.11. The van der Waals surface area contributed by atoms with Crippen LogP contribution in [0.25, 0.3) is 11.0 Å². The van der Waals surface area contributed by atoms with Crippen LogP contribution in [0.3, 0.4) is 0 Å². The molecule has 0 spiro atoms. The van der Waals surface area contributed by atoms with Crippen LogP contribution >= 0.6 is 0 Å². The average molecular weight is 308 g/mol. The summed E-state index contributed by atoms with van der Waals surface area (Å²) in [6.45, 7) is 6.47. The Kier molecular flexibility index (Phi) is 4.15. The van der Waals surface area contributed by atoms with Gasteiger partial charge < -0.3 is 9.73 Å². The molecule has 1 aromatic carbocycles. The molecule has 0 saturated carbocycles. The second kappa shape index (κ2) is 6.24. The van der Waals surface area contributed by atoms with Crippen LogP contribution in [0.5, 0.6) is 0 Å². The Balaban J connectivity index is 1.70. The highest BCUT2D eigenvalue weighted by atomic mass is 16.3. The molecule has 0 saturated heterocycles. The summed E-state index contributed by atoms with van der Waals surface area (Å²) in [6, 6.07) is 9.87. The van der Waals surface area contributed by atoms with Gasteiger partial charge in [0.2, 0.25) is 5.91 Å². The van der Waals surface area contributed by atoms with Gasteiger partial charge in [-0.1, -0.05) is 18.2 Å². The van der Waals surface area contributed by atoms with E-state index in [1.807, 2.05) is 38.1 Å². The van der Waals surface area contributed by atoms with Crippen LogP contribution < -0.4 is 5.32 Å². The molecule has 0 aliphatic heterocycles. The number of nitrogens with zero attached hydrogens (tertiary/aromatic N) is 1. The average Bonchev–Trinajstić information content (AvgIpc) is 2.93. The topological polar surface area (TPSA) is 55.1 Å². The molecule has 4 heteroatoms. The molecule has 2 heterocycles. The van der Waals surface area contributed by atoms with Crippen molar-refractivity contribution in [1.82, 2.24) is 10.3 Å². The molecule has 3 rings (SSSR count). The van der Waals surface area contributed by atoms with Crippen molar-refractivity contribution in [3.8, 4) is 0 Å². The van der Waals surface area contributed by atoms with E-state index in [2.05, 4.69) is 23.3 Å². The SMILES string of the molecule is Cc1cccc(CNC(=O)Cc2coc3c(C)c(C)ccc23)n1. The molecular weight excluding hydrogens is 288 g/mol. The zero-order valence-corrected chi connectivity index (χ0v) is 13.6. The number of fused-ring (bicyclic) bond motifs is 1. The van der Waals surface area contributed by atoms with Gasteiger partial charge in [0.1, 0.15) is 5.58 Å². The largest absolute Gasteiger partial charge is 0.464 e. The second-order valence-electron chi connectivity index (χ2n) is 5.87. The molecule has 118 valence electrons. The number of aryl methyl sites for hydroxylation is 3. The van der Waals surface area contributed by atoms with Crippen LogP contribution in [-0.4, -0.2) is 10.9 Å². The highest BCUT2D eigenvalue weighted by Crippen LogP contribution is 2.26. The quantitative estimate of drug-likeness (QED) is 0.801. The van der Waals surface area contributed by atoms with Gasteiger partial charge in [-0.15, -0.1) is 0 Å². The summed E-state index contributed by atoms with van der Waals surface area (Å²) in [5.74, 6) is -0.0331. The minimum absolute atomic E-state index is 0.0331. The zero-order chi connectivity index (χ0) is 16.4. The highest BCUT2D eigenvalue weighted by molar-refractivity contribution is 5.89. The normalized spacial score (nSPS) is 10.9. The van der Waals surface area contributed by atoms with Crippen molar-refractivity contribution in [3.63, 3.8) is 0 Å². The lowest BCUT2D eigenvalue weighted by atomic mass is 10.0. The monoisotopic (exact) mass is 308 g/mol. The molecule has 0 aliphatic carbocycles. The maximum atomic E-state index is 12.2. The van der Waals surface area contributed by atoms with Gasteiger partial charge in [0.25, 0.3) is 0 Å². The molecule has 1 amide bonds. The summed E-state index contributed by atoms with van der Waals surface area (Å²) in [5.41, 5.74) is 5.91. The number of furan rings is 1. The molecular formula is C19H20N2O2. The van der Waals surface area contributed by atoms with Crippen molar-refractivity contribution in [2.75, 3.05) is 0 Å². The molecule has 0 unspecified atom stereocenters. The van der Waals surface area contributed by atoms with Crippen molar-refractivity contribution >= 4 is 16.9 Å². The number of amides is 1. The van der Waals surface area contributed by atoms with Gasteiger partial charge in [0.15, 0.2) is 0 Å². The van der Waals surface area contributed by atoms with Crippen LogP contribution in [0.15, 0.2) is 41.0 Å². The third kappa shape index (κ3) is 3.26. The Morgan fingerprint density at radius 2 is 2.00 bits per heavy atom. The van der Waals surface area contributed by atoms with Crippen LogP contribution in [0.4, 0.5) is 0 Å². The van der Waals surface area contributed by atoms with Crippen LogP contribution in [0.2, 0.25) is 0 Å². The molecule has 4 nitrogen and oxygen atoms in total. The Labute approximate surface area is 135 Å². The number of carbonyl (C=O) groups is 1. The van der Waals surface area contributed by atoms with Crippen molar-refractivity contribution in [2.45, 2.75) is 33.7 Å². The number of aromatic nitrogens is 1. The molecule has 0 aliphatic rings. The summed E-state index contributed by atoms with van der Waals surface area (Å²) in [4.78, 5) is 16.6. The Morgan fingerprint density at radius 1 is 1.17 bits per heavy atom. The summed E-state index contributed by atoms with van der Waals surface area (Å²) in [6.07, 6.45) is 1.99. The van der Waals surface area contributed by atoms with E-state index in [-0.39, 0.29) is 5.91 Å². The molecule has 0 fully saturated rings. The van der Waals surface area contributed by atoms with Crippen molar-refractivity contribution in [3.05, 3.63) is 64.7 Å². The minimum Gasteiger partial charge on any atom is -0.464 e. The number of rotatable bonds is 4. The third-order valence-electron chi connectivity index (χ3n) is 4.11. The first-order valence-corrected chi connectivity index (χ1v) is 7.70. The standard InChI is InChI=1S/C19H20N2O2/c1-12-7-8-17-15(11-23-19(17)14(12)3)9-18(22)20-10-16-6-4-5-13(2)21-16/h4-8,11H,9-10H2,1-3H3,(H,20,22). The number of pyridine rings is 1. The van der Waals surface area contributed by atoms with E-state index in [9.17, 15) is 4.79 Å². The number of nitrogens with one attached hydrogen (secondary N) is 1. The van der Waals surface area contributed by atoms with Crippen molar-refractivity contribution < 1.29 is 9.21 Å². The van der Waals surface area contributed by atoms with Crippen LogP contribution in [-0.2, 0) is 17.8 Å². The van der Waals surface area contributed by atoms with Gasteiger partial charge in [-0.3, -0.25) is 9.78 Å². The Morgan fingerprint density at radius 3 is 2.78 bits per heavy atom. The van der Waals surface area contributed by atoms with E-state index >= 15 is 0 Å². The fraction of sp³-hybridized carbons (Fsp3) is 0.263. The van der Waals surface area contributed by atoms with Gasteiger partial charge in [-0.2, -0.15) is 0 Å². The molecule has 1 N–H and O–H groups in total. The molecule has 0 atom stereocenters. The number of hydrogen-bond acceptors (Lipinski definition) is 3. The summed E-state index contributed by atoms with van der Waals surface area (Å²) >= 11 is 0.